The molecule has 5 nitrogen and oxygen atoms in total. The Labute approximate surface area is 243 Å². The molecule has 0 heterocycles. The first-order valence-corrected chi connectivity index (χ1v) is 14.1. The van der Waals surface area contributed by atoms with Crippen LogP contribution in [0.1, 0.15) is 69.4 Å². The highest BCUT2D eigenvalue weighted by Crippen LogP contribution is 2.67. The van der Waals surface area contributed by atoms with Crippen molar-refractivity contribution in [1.29, 1.82) is 0 Å². The van der Waals surface area contributed by atoms with Gasteiger partial charge in [-0.15, -0.1) is 0 Å². The van der Waals surface area contributed by atoms with Gasteiger partial charge in [0, 0.05) is 6.61 Å². The van der Waals surface area contributed by atoms with Crippen molar-refractivity contribution in [3.8, 4) is 5.75 Å². The van der Waals surface area contributed by atoms with Crippen molar-refractivity contribution in [2.75, 3.05) is 26.9 Å². The number of alkyl halides is 9. The summed E-state index contributed by atoms with van der Waals surface area (Å²) < 4.78 is 138. The maximum absolute atomic E-state index is 13.1. The number of ether oxygens (including phenoxy) is 4. The van der Waals surface area contributed by atoms with Crippen LogP contribution in [0.25, 0.3) is 0 Å². The van der Waals surface area contributed by atoms with Crippen molar-refractivity contribution >= 4 is 5.97 Å². The lowest BCUT2D eigenvalue weighted by Gasteiger charge is -2.57. The highest BCUT2D eigenvalue weighted by molar-refractivity contribution is 5.70. The summed E-state index contributed by atoms with van der Waals surface area (Å²) >= 11 is 0. The molecule has 14 heteroatoms. The molecule has 5 atom stereocenters. The molecular formula is C29H35F9O5. The van der Waals surface area contributed by atoms with Gasteiger partial charge in [0.15, 0.2) is 6.61 Å². The molecule has 0 N–H and O–H groups in total. The first kappa shape index (κ1) is 33.7. The fraction of sp³-hybridized carbons (Fsp3) is 0.759. The molecule has 3 aliphatic rings. The van der Waals surface area contributed by atoms with Gasteiger partial charge in [0.25, 0.3) is 0 Å². The van der Waals surface area contributed by atoms with Gasteiger partial charge in [-0.1, -0.05) is 19.9 Å². The quantitative estimate of drug-likeness (QED) is 0.158. The van der Waals surface area contributed by atoms with Gasteiger partial charge in [-0.2, -0.15) is 39.5 Å². The molecule has 0 spiro atoms. The molecule has 3 aliphatic carbocycles. The fourth-order valence-electron chi connectivity index (χ4n) is 7.85. The molecule has 0 radical (unpaired) electrons. The lowest BCUT2D eigenvalue weighted by Crippen LogP contribution is -2.67. The predicted octanol–water partition coefficient (Wildman–Crippen LogP) is 7.70. The molecular weight excluding hydrogens is 599 g/mol. The molecule has 43 heavy (non-hydrogen) atoms. The van der Waals surface area contributed by atoms with Gasteiger partial charge >= 0.3 is 30.1 Å². The zero-order valence-electron chi connectivity index (χ0n) is 24.0. The van der Waals surface area contributed by atoms with E-state index in [1.54, 1.807) is 0 Å². The minimum Gasteiger partial charge on any atom is -0.482 e. The number of aryl methyl sites for hydroxylation is 1. The summed E-state index contributed by atoms with van der Waals surface area (Å²) in [5.41, 5.74) is -4.32. The van der Waals surface area contributed by atoms with Gasteiger partial charge in [-0.25, -0.2) is 4.79 Å². The summed E-state index contributed by atoms with van der Waals surface area (Å²) in [6.07, 6.45) is -16.5. The molecule has 4 rings (SSSR count). The Balaban J connectivity index is 1.39. The Morgan fingerprint density at radius 1 is 0.884 bits per heavy atom. The van der Waals surface area contributed by atoms with Crippen LogP contribution in [0.2, 0.25) is 0 Å². The molecule has 1 unspecified atom stereocenters. The summed E-state index contributed by atoms with van der Waals surface area (Å²) in [4.78, 5) is 11.4. The van der Waals surface area contributed by atoms with E-state index in [0.717, 1.165) is 37.7 Å². The Hall–Kier alpha value is -2.22. The molecule has 2 saturated carbocycles. The largest absolute Gasteiger partial charge is 0.482 e. The van der Waals surface area contributed by atoms with Crippen molar-refractivity contribution in [1.82, 2.24) is 0 Å². The summed E-state index contributed by atoms with van der Waals surface area (Å²) in [6.45, 7) is 2.35. The van der Waals surface area contributed by atoms with Crippen LogP contribution in [0.4, 0.5) is 39.5 Å². The minimum absolute atomic E-state index is 0.0959. The molecule has 0 saturated heterocycles. The van der Waals surface area contributed by atoms with Gasteiger partial charge in [-0.3, -0.25) is 0 Å². The number of benzene rings is 1. The van der Waals surface area contributed by atoms with Gasteiger partial charge < -0.3 is 18.9 Å². The smallest absolute Gasteiger partial charge is 0.435 e. The van der Waals surface area contributed by atoms with Crippen LogP contribution in [0.5, 0.6) is 5.75 Å². The SMILES string of the molecule is COC(=O)COc1ccc2c(c1)CCC1(C)[C@@H]2CC[C@]2(C)[C@@H](OCCCOC(C(F)(F)F)(C(F)(F)F)C(F)(F)F)CC[C@@H]12. The van der Waals surface area contributed by atoms with Crippen LogP contribution in [-0.4, -0.2) is 63.1 Å². The van der Waals surface area contributed by atoms with Crippen LogP contribution in [-0.2, 0) is 25.4 Å². The maximum Gasteiger partial charge on any atom is 0.435 e. The van der Waals surface area contributed by atoms with E-state index < -0.39 is 43.1 Å². The zero-order valence-corrected chi connectivity index (χ0v) is 24.0. The van der Waals surface area contributed by atoms with Gasteiger partial charge in [0.1, 0.15) is 5.75 Å². The number of esters is 1. The van der Waals surface area contributed by atoms with E-state index in [-0.39, 0.29) is 42.0 Å². The Kier molecular flexibility index (Phi) is 9.09. The van der Waals surface area contributed by atoms with Gasteiger partial charge in [0.05, 0.1) is 19.8 Å². The maximum atomic E-state index is 13.1. The number of hydrogen-bond donors (Lipinski definition) is 0. The van der Waals surface area contributed by atoms with Crippen LogP contribution in [0.3, 0.4) is 0 Å². The third-order valence-corrected chi connectivity index (χ3v) is 9.94. The standard InChI is InChI=1S/C29H35F9O5/c1-24-11-9-17-15-18(42-16-23(39)40-3)5-6-19(17)20(24)10-12-25(2)21(24)7-8-22(25)41-13-4-14-43-26(27(30,31)32,28(33,34)35)29(36,37)38/h5-6,15,20-22H,4,7-14,16H2,1-3H3/t20-,21+,22+,24?,25+/m1/s1. The van der Waals surface area contributed by atoms with Crippen molar-refractivity contribution in [3.63, 3.8) is 0 Å². The average molecular weight is 635 g/mol. The van der Waals surface area contributed by atoms with E-state index in [2.05, 4.69) is 23.3 Å². The van der Waals surface area contributed by atoms with Crippen molar-refractivity contribution in [2.45, 2.75) is 94.9 Å². The number of fused-ring (bicyclic) bond motifs is 5. The van der Waals surface area contributed by atoms with Crippen LogP contribution in [0, 0.1) is 16.7 Å². The van der Waals surface area contributed by atoms with E-state index >= 15 is 0 Å². The van der Waals surface area contributed by atoms with Crippen LogP contribution >= 0.6 is 0 Å². The van der Waals surface area contributed by atoms with Crippen LogP contribution < -0.4 is 4.74 Å². The van der Waals surface area contributed by atoms with Crippen molar-refractivity contribution in [3.05, 3.63) is 29.3 Å². The van der Waals surface area contributed by atoms with Crippen LogP contribution in [0.15, 0.2) is 18.2 Å². The topological polar surface area (TPSA) is 54.0 Å². The second-order valence-corrected chi connectivity index (χ2v) is 12.2. The first-order chi connectivity index (χ1) is 19.8. The van der Waals surface area contributed by atoms with E-state index in [9.17, 15) is 44.3 Å². The monoisotopic (exact) mass is 634 g/mol. The highest BCUT2D eigenvalue weighted by atomic mass is 19.4. The molecule has 2 fully saturated rings. The number of hydrogen-bond acceptors (Lipinski definition) is 5. The normalized spacial score (nSPS) is 29.4. The number of carbonyl (C=O) groups is 1. The Morgan fingerprint density at radius 3 is 2.14 bits per heavy atom. The number of carbonyl (C=O) groups excluding carboxylic acids is 1. The Morgan fingerprint density at radius 2 is 1.53 bits per heavy atom. The second-order valence-electron chi connectivity index (χ2n) is 12.2. The zero-order chi connectivity index (χ0) is 32.1. The van der Waals surface area contributed by atoms with E-state index in [0.29, 0.717) is 12.2 Å². The second kappa shape index (κ2) is 11.6. The Bertz CT molecular complexity index is 1130. The summed E-state index contributed by atoms with van der Waals surface area (Å²) in [6, 6.07) is 5.80. The third kappa shape index (κ3) is 5.82. The predicted molar refractivity (Wildman–Crippen MR) is 134 cm³/mol. The molecule has 0 bridgehead atoms. The first-order valence-electron chi connectivity index (χ1n) is 14.1. The summed E-state index contributed by atoms with van der Waals surface area (Å²) in [5.74, 6) is 0.553. The van der Waals surface area contributed by atoms with E-state index in [1.165, 1.54) is 12.7 Å². The van der Waals surface area contributed by atoms with Crippen molar-refractivity contribution < 1.29 is 63.3 Å². The summed E-state index contributed by atoms with van der Waals surface area (Å²) in [7, 11) is 1.28. The van der Waals surface area contributed by atoms with E-state index in [4.69, 9.17) is 9.47 Å². The molecule has 0 aromatic heterocycles. The molecule has 0 aliphatic heterocycles. The fourth-order valence-corrected chi connectivity index (χ4v) is 7.85. The lowest BCUT2D eigenvalue weighted by atomic mass is 9.48. The lowest BCUT2D eigenvalue weighted by molar-refractivity contribution is -0.457. The molecule has 1 aromatic carbocycles. The minimum atomic E-state index is -6.75. The highest BCUT2D eigenvalue weighted by Gasteiger charge is 2.85. The molecule has 244 valence electrons. The number of rotatable bonds is 9. The van der Waals surface area contributed by atoms with Gasteiger partial charge in [0.2, 0.25) is 0 Å². The van der Waals surface area contributed by atoms with Gasteiger partial charge in [-0.05, 0) is 90.9 Å². The van der Waals surface area contributed by atoms with Crippen molar-refractivity contribution in [2.24, 2.45) is 16.7 Å². The summed E-state index contributed by atoms with van der Waals surface area (Å²) in [5, 5.41) is 0. The number of methoxy groups -OCH3 is 1. The third-order valence-electron chi connectivity index (χ3n) is 9.94. The molecule has 0 amide bonds. The number of halogens is 9. The average Bonchev–Trinajstić information content (AvgIpc) is 3.23. The van der Waals surface area contributed by atoms with E-state index in [1.807, 2.05) is 18.2 Å². The molecule has 1 aromatic rings.